The zero-order valence-electron chi connectivity index (χ0n) is 24.9. The van der Waals surface area contributed by atoms with Gasteiger partial charge in [0, 0.05) is 30.6 Å². The highest BCUT2D eigenvalue weighted by Gasteiger charge is 2.56. The molecule has 0 spiro atoms. The van der Waals surface area contributed by atoms with E-state index in [9.17, 15) is 22.8 Å². The highest BCUT2D eigenvalue weighted by molar-refractivity contribution is 5.99. The lowest BCUT2D eigenvalue weighted by molar-refractivity contribution is -0.159. The lowest BCUT2D eigenvalue weighted by Gasteiger charge is -2.53. The average Bonchev–Trinajstić information content (AvgIpc) is 3.73. The Kier molecular flexibility index (Phi) is 7.26. The van der Waals surface area contributed by atoms with Crippen molar-refractivity contribution in [3.05, 3.63) is 65.1 Å². The molecule has 8 rings (SSSR count). The first-order chi connectivity index (χ1) is 22.7. The SMILES string of the molecule is COC(=O)N1CC2CC(c3nnc(-c4cc5c(cc4F)C(F)(F)CC(N)C(=O)N5Cc4ccc(-c5noc(C(F)(F)F)n5)cc4)o3)(C2)C1. The van der Waals surface area contributed by atoms with Gasteiger partial charge in [0.2, 0.25) is 17.6 Å². The zero-order chi connectivity index (χ0) is 34.2. The highest BCUT2D eigenvalue weighted by atomic mass is 19.4. The number of carbonyl (C=O) groups excluding carboxylic acids is 2. The normalized spacial score (nSPS) is 23.4. The van der Waals surface area contributed by atoms with Crippen molar-refractivity contribution in [1.82, 2.24) is 25.2 Å². The Hall–Kier alpha value is -5.00. The smallest absolute Gasteiger partial charge is 0.453 e. The number of nitrogens with two attached hydrogens (primary N) is 1. The molecule has 18 heteroatoms. The van der Waals surface area contributed by atoms with Gasteiger partial charge in [-0.25, -0.2) is 18.0 Å². The van der Waals surface area contributed by atoms with Gasteiger partial charge in [-0.15, -0.1) is 10.2 Å². The number of fused-ring (bicyclic) bond motifs is 3. The monoisotopic (exact) mass is 677 g/mol. The summed E-state index contributed by atoms with van der Waals surface area (Å²) in [5.74, 6) is -7.52. The van der Waals surface area contributed by atoms with Crippen LogP contribution >= 0.6 is 0 Å². The molecule has 1 atom stereocenters. The first-order valence-electron chi connectivity index (χ1n) is 14.6. The minimum atomic E-state index is -4.84. The topological polar surface area (TPSA) is 154 Å². The maximum Gasteiger partial charge on any atom is 0.471 e. The molecule has 1 aliphatic carbocycles. The Balaban J connectivity index is 1.22. The van der Waals surface area contributed by atoms with Gasteiger partial charge in [-0.1, -0.05) is 29.4 Å². The molecule has 1 unspecified atom stereocenters. The van der Waals surface area contributed by atoms with E-state index in [0.29, 0.717) is 31.0 Å². The van der Waals surface area contributed by atoms with E-state index in [-0.39, 0.29) is 53.4 Å². The molecule has 252 valence electrons. The van der Waals surface area contributed by atoms with Gasteiger partial charge >= 0.3 is 18.2 Å². The number of benzene rings is 2. The number of hydrogen-bond donors (Lipinski definition) is 1. The van der Waals surface area contributed by atoms with Crippen LogP contribution in [0.2, 0.25) is 0 Å². The molecule has 0 radical (unpaired) electrons. The van der Waals surface area contributed by atoms with Crippen molar-refractivity contribution in [2.24, 2.45) is 11.7 Å². The number of ether oxygens (including phenoxy) is 1. The number of alkyl halides is 5. The lowest BCUT2D eigenvalue weighted by atomic mass is 9.58. The first kappa shape index (κ1) is 31.6. The second-order valence-corrected chi connectivity index (χ2v) is 12.2. The van der Waals surface area contributed by atoms with Gasteiger partial charge in [-0.05, 0) is 36.5 Å². The van der Waals surface area contributed by atoms with E-state index < -0.39 is 59.2 Å². The fourth-order valence-corrected chi connectivity index (χ4v) is 6.70. The summed E-state index contributed by atoms with van der Waals surface area (Å²) in [6.07, 6.45) is -5.14. The second kappa shape index (κ2) is 11.0. The number of aromatic nitrogens is 4. The maximum absolute atomic E-state index is 15.6. The first-order valence-corrected chi connectivity index (χ1v) is 14.6. The lowest BCUT2D eigenvalue weighted by Crippen LogP contribution is -2.60. The van der Waals surface area contributed by atoms with Crippen LogP contribution in [0.5, 0.6) is 0 Å². The minimum absolute atomic E-state index is 0.154. The van der Waals surface area contributed by atoms with E-state index in [1.807, 2.05) is 0 Å². The number of methoxy groups -OCH3 is 1. The molecule has 48 heavy (non-hydrogen) atoms. The summed E-state index contributed by atoms with van der Waals surface area (Å²) >= 11 is 0. The van der Waals surface area contributed by atoms with Crippen molar-refractivity contribution >= 4 is 17.7 Å². The fraction of sp³-hybridized carbons (Fsp3) is 0.400. The van der Waals surface area contributed by atoms with Crippen molar-refractivity contribution in [3.63, 3.8) is 0 Å². The largest absolute Gasteiger partial charge is 0.471 e. The third-order valence-electron chi connectivity index (χ3n) is 8.92. The van der Waals surface area contributed by atoms with Crippen LogP contribution in [0.25, 0.3) is 22.8 Å². The molecule has 2 aromatic heterocycles. The number of rotatable bonds is 5. The van der Waals surface area contributed by atoms with Gasteiger partial charge < -0.3 is 29.2 Å². The molecule has 2 N–H and O–H groups in total. The summed E-state index contributed by atoms with van der Waals surface area (Å²) in [6, 6.07) is 5.59. The van der Waals surface area contributed by atoms with Crippen LogP contribution in [0.15, 0.2) is 45.3 Å². The Labute approximate surface area is 266 Å². The number of amides is 2. The van der Waals surface area contributed by atoms with E-state index in [1.54, 1.807) is 0 Å². The van der Waals surface area contributed by atoms with Gasteiger partial charge in [-0.2, -0.15) is 18.2 Å². The van der Waals surface area contributed by atoms with E-state index >= 15 is 13.2 Å². The van der Waals surface area contributed by atoms with Gasteiger partial charge in [0.1, 0.15) is 5.82 Å². The summed E-state index contributed by atoms with van der Waals surface area (Å²) in [4.78, 5) is 31.4. The van der Waals surface area contributed by atoms with Crippen LogP contribution < -0.4 is 10.6 Å². The van der Waals surface area contributed by atoms with Gasteiger partial charge in [-0.3, -0.25) is 4.79 Å². The Morgan fingerprint density at radius 2 is 1.85 bits per heavy atom. The molecule has 1 saturated carbocycles. The number of nitrogens with zero attached hydrogens (tertiary/aromatic N) is 6. The molecular formula is C30H25F6N7O5. The molecule has 3 fully saturated rings. The second-order valence-electron chi connectivity index (χ2n) is 12.2. The third kappa shape index (κ3) is 5.32. The predicted molar refractivity (Wildman–Crippen MR) is 150 cm³/mol. The van der Waals surface area contributed by atoms with Crippen molar-refractivity contribution < 1.29 is 49.6 Å². The summed E-state index contributed by atoms with van der Waals surface area (Å²) in [5.41, 5.74) is 4.28. The van der Waals surface area contributed by atoms with E-state index in [0.717, 1.165) is 11.0 Å². The quantitative estimate of drug-likeness (QED) is 0.285. The van der Waals surface area contributed by atoms with Crippen molar-refractivity contribution in [1.29, 1.82) is 0 Å². The van der Waals surface area contributed by atoms with Crippen LogP contribution in [-0.2, 0) is 33.6 Å². The number of hydrogen-bond acceptors (Lipinski definition) is 10. The van der Waals surface area contributed by atoms with E-state index in [4.69, 9.17) is 14.9 Å². The Morgan fingerprint density at radius 1 is 1.12 bits per heavy atom. The van der Waals surface area contributed by atoms with E-state index in [2.05, 4.69) is 24.9 Å². The number of piperidine rings is 2. The molecule has 3 aliphatic heterocycles. The van der Waals surface area contributed by atoms with Crippen LogP contribution in [0.4, 0.5) is 36.8 Å². The van der Waals surface area contributed by atoms with Crippen LogP contribution in [0, 0.1) is 11.7 Å². The molecule has 5 heterocycles. The molecule has 4 aromatic rings. The summed E-state index contributed by atoms with van der Waals surface area (Å²) in [7, 11) is 1.27. The minimum Gasteiger partial charge on any atom is -0.453 e. The van der Waals surface area contributed by atoms with Crippen LogP contribution in [-0.4, -0.2) is 63.5 Å². The summed E-state index contributed by atoms with van der Waals surface area (Å²) in [5, 5.41) is 11.4. The summed E-state index contributed by atoms with van der Waals surface area (Å²) < 4.78 is 100. The maximum atomic E-state index is 15.6. The molecule has 2 saturated heterocycles. The zero-order valence-corrected chi connectivity index (χ0v) is 24.9. The highest BCUT2D eigenvalue weighted by Crippen LogP contribution is 2.52. The summed E-state index contributed by atoms with van der Waals surface area (Å²) in [6.45, 7) is 0.434. The third-order valence-corrected chi connectivity index (χ3v) is 8.92. The molecule has 2 amide bonds. The fourth-order valence-electron chi connectivity index (χ4n) is 6.70. The van der Waals surface area contributed by atoms with Gasteiger partial charge in [0.05, 0.1) is 36.4 Å². The van der Waals surface area contributed by atoms with Crippen molar-refractivity contribution in [2.75, 3.05) is 25.1 Å². The van der Waals surface area contributed by atoms with Crippen LogP contribution in [0.1, 0.15) is 42.2 Å². The standard InChI is InChI=1S/C30H25F6N7O5/c1-46-27(45)42-11-15-8-28(9-15,13-42)25-40-39-23(47-25)17-6-21-18(7-19(17)31)29(32,33)10-20(37)24(44)43(21)12-14-2-4-16(5-3-14)22-38-26(48-41-22)30(34,35)36/h2-7,15,20H,8-13,37H2,1H3. The number of halogens is 6. The van der Waals surface area contributed by atoms with E-state index in [1.165, 1.54) is 36.3 Å². The molecular weight excluding hydrogens is 652 g/mol. The Bertz CT molecular complexity index is 1900. The number of anilines is 1. The average molecular weight is 678 g/mol. The van der Waals surface area contributed by atoms with Crippen LogP contribution in [0.3, 0.4) is 0 Å². The molecule has 12 nitrogen and oxygen atoms in total. The Morgan fingerprint density at radius 3 is 2.52 bits per heavy atom. The molecule has 4 aliphatic rings. The molecule has 2 aromatic carbocycles. The van der Waals surface area contributed by atoms with Crippen molar-refractivity contribution in [2.45, 2.75) is 49.4 Å². The van der Waals surface area contributed by atoms with Gasteiger partial charge in [0.15, 0.2) is 0 Å². The van der Waals surface area contributed by atoms with Crippen molar-refractivity contribution in [3.8, 4) is 22.8 Å². The number of carbonyl (C=O) groups is 2. The molecule has 2 bridgehead atoms. The predicted octanol–water partition coefficient (Wildman–Crippen LogP) is 5.03. The van der Waals surface area contributed by atoms with Gasteiger partial charge in [0.25, 0.3) is 11.8 Å².